The standard InChI is InChI=1S/C20H22N4O3/c1-13(2)24-19-15(12-23-24)10-16(11-22-19)20(25)21-6-5-14-3-4-17-18(9-14)27-8-7-26-17/h3-4,9-13H,5-8H2,1-2H3,(H,21,25). The molecular formula is C20H22N4O3. The van der Waals surface area contributed by atoms with E-state index in [1.54, 1.807) is 12.4 Å². The molecule has 1 aromatic carbocycles. The van der Waals surface area contributed by atoms with Crippen LogP contribution >= 0.6 is 0 Å². The van der Waals surface area contributed by atoms with Gasteiger partial charge in [-0.15, -0.1) is 0 Å². The fraction of sp³-hybridized carbons (Fsp3) is 0.350. The van der Waals surface area contributed by atoms with Crippen molar-refractivity contribution in [3.63, 3.8) is 0 Å². The van der Waals surface area contributed by atoms with Gasteiger partial charge >= 0.3 is 0 Å². The normalized spacial score (nSPS) is 13.1. The Morgan fingerprint density at radius 1 is 1.19 bits per heavy atom. The maximum Gasteiger partial charge on any atom is 0.252 e. The zero-order valence-corrected chi connectivity index (χ0v) is 15.4. The van der Waals surface area contributed by atoms with Crippen molar-refractivity contribution in [1.29, 1.82) is 0 Å². The van der Waals surface area contributed by atoms with Crippen LogP contribution < -0.4 is 14.8 Å². The van der Waals surface area contributed by atoms with Gasteiger partial charge in [-0.2, -0.15) is 5.10 Å². The van der Waals surface area contributed by atoms with Crippen molar-refractivity contribution in [2.75, 3.05) is 19.8 Å². The van der Waals surface area contributed by atoms with Crippen molar-refractivity contribution in [1.82, 2.24) is 20.1 Å². The van der Waals surface area contributed by atoms with Gasteiger partial charge in [-0.1, -0.05) is 6.07 Å². The predicted molar refractivity (Wildman–Crippen MR) is 101 cm³/mol. The lowest BCUT2D eigenvalue weighted by Crippen LogP contribution is -2.26. The van der Waals surface area contributed by atoms with E-state index in [1.807, 2.05) is 42.8 Å². The Labute approximate surface area is 157 Å². The van der Waals surface area contributed by atoms with Crippen molar-refractivity contribution >= 4 is 16.9 Å². The molecule has 7 heteroatoms. The van der Waals surface area contributed by atoms with E-state index in [2.05, 4.69) is 15.4 Å². The first-order valence-electron chi connectivity index (χ1n) is 9.12. The van der Waals surface area contributed by atoms with Gasteiger partial charge in [0.05, 0.1) is 11.8 Å². The third-order valence-corrected chi connectivity index (χ3v) is 4.49. The molecule has 0 fully saturated rings. The molecule has 0 atom stereocenters. The Morgan fingerprint density at radius 2 is 2.00 bits per heavy atom. The Balaban J connectivity index is 1.38. The van der Waals surface area contributed by atoms with E-state index in [4.69, 9.17) is 9.47 Å². The summed E-state index contributed by atoms with van der Waals surface area (Å²) in [5.74, 6) is 1.40. The molecular weight excluding hydrogens is 344 g/mol. The minimum Gasteiger partial charge on any atom is -0.486 e. The second kappa shape index (κ2) is 7.26. The van der Waals surface area contributed by atoms with Gasteiger partial charge in [-0.05, 0) is 44.0 Å². The second-order valence-electron chi connectivity index (χ2n) is 6.80. The number of aromatic nitrogens is 3. The number of pyridine rings is 1. The molecule has 3 aromatic rings. The molecule has 2 aromatic heterocycles. The number of carbonyl (C=O) groups excluding carboxylic acids is 1. The van der Waals surface area contributed by atoms with Crippen LogP contribution in [0.15, 0.2) is 36.7 Å². The summed E-state index contributed by atoms with van der Waals surface area (Å²) >= 11 is 0. The van der Waals surface area contributed by atoms with Crippen LogP contribution in [0.5, 0.6) is 11.5 Å². The van der Waals surface area contributed by atoms with E-state index in [1.165, 1.54) is 0 Å². The molecule has 3 heterocycles. The Hall–Kier alpha value is -3.09. The first-order chi connectivity index (χ1) is 13.1. The van der Waals surface area contributed by atoms with Gasteiger partial charge in [0.1, 0.15) is 13.2 Å². The molecule has 0 radical (unpaired) electrons. The van der Waals surface area contributed by atoms with Crippen LogP contribution in [-0.2, 0) is 6.42 Å². The smallest absolute Gasteiger partial charge is 0.252 e. The van der Waals surface area contributed by atoms with Gasteiger partial charge in [0.25, 0.3) is 5.91 Å². The molecule has 140 valence electrons. The van der Waals surface area contributed by atoms with E-state index < -0.39 is 0 Å². The number of carbonyl (C=O) groups is 1. The van der Waals surface area contributed by atoms with E-state index >= 15 is 0 Å². The van der Waals surface area contributed by atoms with Crippen LogP contribution in [0.2, 0.25) is 0 Å². The molecule has 1 aliphatic heterocycles. The number of hydrogen-bond acceptors (Lipinski definition) is 5. The first kappa shape index (κ1) is 17.3. The second-order valence-corrected chi connectivity index (χ2v) is 6.80. The first-order valence-corrected chi connectivity index (χ1v) is 9.12. The van der Waals surface area contributed by atoms with Gasteiger partial charge in [0.15, 0.2) is 17.1 Å². The molecule has 4 rings (SSSR count). The summed E-state index contributed by atoms with van der Waals surface area (Å²) in [5, 5.41) is 8.14. The zero-order chi connectivity index (χ0) is 18.8. The molecule has 1 N–H and O–H groups in total. The predicted octanol–water partition coefficient (Wildman–Crippen LogP) is 2.76. The van der Waals surface area contributed by atoms with Gasteiger partial charge in [-0.3, -0.25) is 4.79 Å². The highest BCUT2D eigenvalue weighted by atomic mass is 16.6. The lowest BCUT2D eigenvalue weighted by molar-refractivity contribution is 0.0954. The summed E-state index contributed by atoms with van der Waals surface area (Å²) in [6.07, 6.45) is 4.06. The third kappa shape index (κ3) is 3.58. The van der Waals surface area contributed by atoms with Crippen LogP contribution in [0, 0.1) is 0 Å². The number of nitrogens with zero attached hydrogens (tertiary/aromatic N) is 3. The monoisotopic (exact) mass is 366 g/mol. The number of amides is 1. The molecule has 0 spiro atoms. The minimum absolute atomic E-state index is 0.140. The highest BCUT2D eigenvalue weighted by Crippen LogP contribution is 2.30. The maximum atomic E-state index is 12.4. The van der Waals surface area contributed by atoms with Gasteiger partial charge in [0.2, 0.25) is 0 Å². The van der Waals surface area contributed by atoms with Gasteiger partial charge in [0, 0.05) is 24.2 Å². The largest absolute Gasteiger partial charge is 0.486 e. The molecule has 27 heavy (non-hydrogen) atoms. The van der Waals surface area contributed by atoms with Crippen LogP contribution in [-0.4, -0.2) is 40.4 Å². The van der Waals surface area contributed by atoms with Crippen molar-refractivity contribution in [3.8, 4) is 11.5 Å². The molecule has 0 aliphatic carbocycles. The van der Waals surface area contributed by atoms with E-state index in [0.29, 0.717) is 31.7 Å². The van der Waals surface area contributed by atoms with Crippen LogP contribution in [0.4, 0.5) is 0 Å². The van der Waals surface area contributed by atoms with E-state index in [-0.39, 0.29) is 11.9 Å². The summed E-state index contributed by atoms with van der Waals surface area (Å²) in [4.78, 5) is 16.8. The van der Waals surface area contributed by atoms with E-state index in [0.717, 1.165) is 28.1 Å². The maximum absolute atomic E-state index is 12.4. The molecule has 0 unspecified atom stereocenters. The number of benzene rings is 1. The Bertz CT molecular complexity index is 981. The number of rotatable bonds is 5. The fourth-order valence-corrected chi connectivity index (χ4v) is 3.11. The molecule has 0 saturated heterocycles. The Morgan fingerprint density at radius 3 is 2.81 bits per heavy atom. The summed E-state index contributed by atoms with van der Waals surface area (Å²) in [6, 6.07) is 7.92. The average Bonchev–Trinajstić information content (AvgIpc) is 3.11. The van der Waals surface area contributed by atoms with E-state index in [9.17, 15) is 4.79 Å². The molecule has 0 saturated carbocycles. The number of nitrogens with one attached hydrogen (secondary N) is 1. The highest BCUT2D eigenvalue weighted by Gasteiger charge is 2.13. The topological polar surface area (TPSA) is 78.3 Å². The molecule has 1 amide bonds. The SMILES string of the molecule is CC(C)n1ncc2cc(C(=O)NCCc3ccc4c(c3)OCCO4)cnc21. The summed E-state index contributed by atoms with van der Waals surface area (Å²) < 4.78 is 13.0. The minimum atomic E-state index is -0.140. The molecule has 0 bridgehead atoms. The lowest BCUT2D eigenvalue weighted by atomic mass is 10.1. The summed E-state index contributed by atoms with van der Waals surface area (Å²) in [5.41, 5.74) is 2.41. The summed E-state index contributed by atoms with van der Waals surface area (Å²) in [7, 11) is 0. The van der Waals surface area contributed by atoms with Crippen LogP contribution in [0.3, 0.4) is 0 Å². The number of ether oxygens (including phenoxy) is 2. The lowest BCUT2D eigenvalue weighted by Gasteiger charge is -2.18. The molecule has 1 aliphatic rings. The van der Waals surface area contributed by atoms with Gasteiger partial charge in [-0.25, -0.2) is 9.67 Å². The van der Waals surface area contributed by atoms with Crippen molar-refractivity contribution < 1.29 is 14.3 Å². The number of hydrogen-bond donors (Lipinski definition) is 1. The highest BCUT2D eigenvalue weighted by molar-refractivity contribution is 5.96. The van der Waals surface area contributed by atoms with Crippen molar-refractivity contribution in [2.24, 2.45) is 0 Å². The van der Waals surface area contributed by atoms with Crippen molar-refractivity contribution in [2.45, 2.75) is 26.3 Å². The van der Waals surface area contributed by atoms with Crippen molar-refractivity contribution in [3.05, 3.63) is 47.8 Å². The molecule has 7 nitrogen and oxygen atoms in total. The Kier molecular flexibility index (Phi) is 4.66. The third-order valence-electron chi connectivity index (χ3n) is 4.49. The zero-order valence-electron chi connectivity index (χ0n) is 15.4. The van der Waals surface area contributed by atoms with Crippen LogP contribution in [0.1, 0.15) is 35.8 Å². The number of fused-ring (bicyclic) bond motifs is 2. The quantitative estimate of drug-likeness (QED) is 0.751. The summed E-state index contributed by atoms with van der Waals surface area (Å²) in [6.45, 7) is 5.77. The average molecular weight is 366 g/mol. The van der Waals surface area contributed by atoms with Crippen LogP contribution in [0.25, 0.3) is 11.0 Å². The fourth-order valence-electron chi connectivity index (χ4n) is 3.11. The van der Waals surface area contributed by atoms with Gasteiger partial charge < -0.3 is 14.8 Å².